The average Bonchev–Trinajstić information content (AvgIpc) is 3.17. The van der Waals surface area contributed by atoms with E-state index in [4.69, 9.17) is 0 Å². The number of hydrogen-bond donors (Lipinski definition) is 2. The largest absolute Gasteiger partial charge is 0.352 e. The molecule has 0 atom stereocenters. The summed E-state index contributed by atoms with van der Waals surface area (Å²) >= 11 is 3.34. The van der Waals surface area contributed by atoms with Gasteiger partial charge in [-0.25, -0.2) is 0 Å². The molecule has 19 heavy (non-hydrogen) atoms. The number of hydrogen-bond acceptors (Lipinski definition) is 2. The Hall–Kier alpha value is -1.62. The Bertz CT molecular complexity index is 524. The van der Waals surface area contributed by atoms with Gasteiger partial charge in [-0.15, -0.1) is 6.58 Å². The molecular formula is C14H15BrN2O2. The summed E-state index contributed by atoms with van der Waals surface area (Å²) in [4.78, 5) is 24.2. The van der Waals surface area contributed by atoms with Gasteiger partial charge in [0.1, 0.15) is 5.41 Å². The third-order valence-electron chi connectivity index (χ3n) is 3.11. The first-order valence-corrected chi connectivity index (χ1v) is 6.84. The number of amides is 2. The highest BCUT2D eigenvalue weighted by molar-refractivity contribution is 9.10. The summed E-state index contributed by atoms with van der Waals surface area (Å²) in [5.74, 6) is -0.466. The second kappa shape index (κ2) is 5.57. The van der Waals surface area contributed by atoms with E-state index in [1.807, 2.05) is 12.1 Å². The summed E-state index contributed by atoms with van der Waals surface area (Å²) in [6.45, 7) is 3.92. The van der Waals surface area contributed by atoms with Gasteiger partial charge in [0.15, 0.2) is 0 Å². The molecule has 1 fully saturated rings. The van der Waals surface area contributed by atoms with Crippen LogP contribution in [0.5, 0.6) is 0 Å². The Balaban J connectivity index is 2.03. The summed E-state index contributed by atoms with van der Waals surface area (Å²) in [5.41, 5.74) is -0.215. The van der Waals surface area contributed by atoms with E-state index in [-0.39, 0.29) is 11.8 Å². The Morgan fingerprint density at radius 1 is 1.37 bits per heavy atom. The number of carbonyl (C=O) groups is 2. The van der Waals surface area contributed by atoms with Crippen LogP contribution in [0.4, 0.5) is 5.69 Å². The van der Waals surface area contributed by atoms with Gasteiger partial charge in [-0.3, -0.25) is 9.59 Å². The molecular weight excluding hydrogens is 308 g/mol. The van der Waals surface area contributed by atoms with Crippen molar-refractivity contribution in [3.05, 3.63) is 41.4 Å². The highest BCUT2D eigenvalue weighted by Crippen LogP contribution is 2.46. The molecule has 5 heteroatoms. The predicted molar refractivity (Wildman–Crippen MR) is 77.6 cm³/mol. The molecule has 1 aromatic carbocycles. The minimum atomic E-state index is -0.897. The fourth-order valence-corrected chi connectivity index (χ4v) is 2.23. The normalized spacial score (nSPS) is 15.4. The Labute approximate surface area is 120 Å². The van der Waals surface area contributed by atoms with E-state index >= 15 is 0 Å². The van der Waals surface area contributed by atoms with Crippen LogP contribution in [-0.2, 0) is 9.59 Å². The van der Waals surface area contributed by atoms with Crippen molar-refractivity contribution in [1.29, 1.82) is 0 Å². The fourth-order valence-electron chi connectivity index (χ4n) is 1.83. The molecule has 0 saturated heterocycles. The lowest BCUT2D eigenvalue weighted by molar-refractivity contribution is -0.134. The highest BCUT2D eigenvalue weighted by Gasteiger charge is 2.56. The van der Waals surface area contributed by atoms with E-state index in [0.29, 0.717) is 25.1 Å². The Morgan fingerprint density at radius 2 is 2.11 bits per heavy atom. The van der Waals surface area contributed by atoms with Gasteiger partial charge in [-0.1, -0.05) is 28.1 Å². The molecule has 0 unspecified atom stereocenters. The standard InChI is InChI=1S/C14H15BrN2O2/c1-2-8-16-12(18)14(6-7-14)13(19)17-11-5-3-4-10(15)9-11/h2-5,9H,1,6-8H2,(H,16,18)(H,17,19). The average molecular weight is 323 g/mol. The van der Waals surface area contributed by atoms with Gasteiger partial charge >= 0.3 is 0 Å². The zero-order valence-corrected chi connectivity index (χ0v) is 12.0. The molecule has 0 bridgehead atoms. The maximum Gasteiger partial charge on any atom is 0.240 e. The molecule has 0 aromatic heterocycles. The topological polar surface area (TPSA) is 58.2 Å². The van der Waals surface area contributed by atoms with Crippen LogP contribution in [-0.4, -0.2) is 18.4 Å². The monoisotopic (exact) mass is 322 g/mol. The van der Waals surface area contributed by atoms with Crippen LogP contribution in [0.3, 0.4) is 0 Å². The zero-order valence-electron chi connectivity index (χ0n) is 10.4. The summed E-state index contributed by atoms with van der Waals surface area (Å²) < 4.78 is 0.881. The van der Waals surface area contributed by atoms with E-state index in [0.717, 1.165) is 4.47 Å². The van der Waals surface area contributed by atoms with Crippen LogP contribution in [0.15, 0.2) is 41.4 Å². The van der Waals surface area contributed by atoms with E-state index in [1.165, 1.54) is 0 Å². The van der Waals surface area contributed by atoms with Crippen molar-refractivity contribution in [3.63, 3.8) is 0 Å². The lowest BCUT2D eigenvalue weighted by Gasteiger charge is -2.14. The Morgan fingerprint density at radius 3 is 2.68 bits per heavy atom. The Kier molecular flexibility index (Phi) is 4.04. The van der Waals surface area contributed by atoms with Crippen LogP contribution in [0.1, 0.15) is 12.8 Å². The number of benzene rings is 1. The van der Waals surface area contributed by atoms with Gasteiger partial charge in [0, 0.05) is 16.7 Å². The van der Waals surface area contributed by atoms with E-state index in [9.17, 15) is 9.59 Å². The molecule has 100 valence electrons. The van der Waals surface area contributed by atoms with E-state index in [2.05, 4.69) is 33.1 Å². The van der Waals surface area contributed by atoms with Crippen molar-refractivity contribution in [3.8, 4) is 0 Å². The number of anilines is 1. The molecule has 1 aliphatic rings. The maximum absolute atomic E-state index is 12.2. The van der Waals surface area contributed by atoms with Crippen LogP contribution in [0.25, 0.3) is 0 Å². The van der Waals surface area contributed by atoms with Gasteiger partial charge in [0.05, 0.1) is 0 Å². The molecule has 2 rings (SSSR count). The van der Waals surface area contributed by atoms with Crippen LogP contribution in [0, 0.1) is 5.41 Å². The molecule has 1 aromatic rings. The lowest BCUT2D eigenvalue weighted by Crippen LogP contribution is -2.40. The molecule has 0 aliphatic heterocycles. The molecule has 4 nitrogen and oxygen atoms in total. The zero-order chi connectivity index (χ0) is 13.9. The second-order valence-electron chi connectivity index (χ2n) is 4.55. The third-order valence-corrected chi connectivity index (χ3v) is 3.60. The fraction of sp³-hybridized carbons (Fsp3) is 0.286. The van der Waals surface area contributed by atoms with Gasteiger partial charge in [-0.2, -0.15) is 0 Å². The molecule has 1 saturated carbocycles. The highest BCUT2D eigenvalue weighted by atomic mass is 79.9. The maximum atomic E-state index is 12.2. The number of halogens is 1. The number of nitrogens with one attached hydrogen (secondary N) is 2. The van der Waals surface area contributed by atoms with Crippen molar-refractivity contribution >= 4 is 33.4 Å². The summed E-state index contributed by atoms with van der Waals surface area (Å²) in [5, 5.41) is 5.47. The van der Waals surface area contributed by atoms with Crippen LogP contribution >= 0.6 is 15.9 Å². The third kappa shape index (κ3) is 3.04. The first-order valence-electron chi connectivity index (χ1n) is 6.05. The lowest BCUT2D eigenvalue weighted by atomic mass is 10.1. The van der Waals surface area contributed by atoms with Crippen molar-refractivity contribution < 1.29 is 9.59 Å². The number of carbonyl (C=O) groups excluding carboxylic acids is 2. The smallest absolute Gasteiger partial charge is 0.240 e. The predicted octanol–water partition coefficient (Wildman–Crippen LogP) is 2.47. The molecule has 0 radical (unpaired) electrons. The molecule has 0 heterocycles. The van der Waals surface area contributed by atoms with Gasteiger partial charge in [0.2, 0.25) is 11.8 Å². The van der Waals surface area contributed by atoms with E-state index < -0.39 is 5.41 Å². The van der Waals surface area contributed by atoms with Crippen molar-refractivity contribution in [2.75, 3.05) is 11.9 Å². The second-order valence-corrected chi connectivity index (χ2v) is 5.46. The summed E-state index contributed by atoms with van der Waals surface area (Å²) in [6, 6.07) is 7.30. The van der Waals surface area contributed by atoms with Gasteiger partial charge < -0.3 is 10.6 Å². The molecule has 2 N–H and O–H groups in total. The first kappa shape index (κ1) is 13.8. The first-order chi connectivity index (χ1) is 9.08. The van der Waals surface area contributed by atoms with Crippen molar-refractivity contribution in [2.24, 2.45) is 5.41 Å². The molecule has 0 spiro atoms. The molecule has 1 aliphatic carbocycles. The summed E-state index contributed by atoms with van der Waals surface area (Å²) in [6.07, 6.45) is 2.78. The summed E-state index contributed by atoms with van der Waals surface area (Å²) in [7, 11) is 0. The van der Waals surface area contributed by atoms with Crippen LogP contribution < -0.4 is 10.6 Å². The van der Waals surface area contributed by atoms with Crippen molar-refractivity contribution in [1.82, 2.24) is 5.32 Å². The minimum absolute atomic E-state index is 0.222. The molecule has 2 amide bonds. The van der Waals surface area contributed by atoms with Crippen molar-refractivity contribution in [2.45, 2.75) is 12.8 Å². The SMILES string of the molecule is C=CCNC(=O)C1(C(=O)Nc2cccc(Br)c2)CC1. The van der Waals surface area contributed by atoms with Crippen LogP contribution in [0.2, 0.25) is 0 Å². The van der Waals surface area contributed by atoms with Gasteiger partial charge in [0.25, 0.3) is 0 Å². The van der Waals surface area contributed by atoms with E-state index in [1.54, 1.807) is 18.2 Å². The van der Waals surface area contributed by atoms with Gasteiger partial charge in [-0.05, 0) is 31.0 Å². The quantitative estimate of drug-likeness (QED) is 0.646. The minimum Gasteiger partial charge on any atom is -0.352 e. The number of rotatable bonds is 5.